The Morgan fingerprint density at radius 2 is 2.11 bits per heavy atom. The number of nitrogens with zero attached hydrogens (tertiary/aromatic N) is 4. The minimum absolute atomic E-state index is 0.119. The highest BCUT2D eigenvalue weighted by Crippen LogP contribution is 2.31. The van der Waals surface area contributed by atoms with Gasteiger partial charge >= 0.3 is 0 Å². The SMILES string of the molecule is CC(CN(C(=O)CN(C)C)C(C)C#N)c1cc(-c2cnoc2)ccc1NC=O. The highest BCUT2D eigenvalue weighted by molar-refractivity contribution is 5.79. The summed E-state index contributed by atoms with van der Waals surface area (Å²) in [4.78, 5) is 27.0. The molecule has 0 fully saturated rings. The van der Waals surface area contributed by atoms with Gasteiger partial charge in [0.1, 0.15) is 12.3 Å². The Balaban J connectivity index is 2.34. The fourth-order valence-electron chi connectivity index (χ4n) is 2.99. The molecule has 0 aliphatic carbocycles. The van der Waals surface area contributed by atoms with Gasteiger partial charge in [-0.1, -0.05) is 18.1 Å². The Bertz CT molecular complexity index is 842. The molecule has 2 aromatic rings. The minimum Gasteiger partial charge on any atom is -0.364 e. The first-order valence-electron chi connectivity index (χ1n) is 8.95. The molecule has 2 unspecified atom stereocenters. The lowest BCUT2D eigenvalue weighted by molar-refractivity contribution is -0.133. The van der Waals surface area contributed by atoms with E-state index in [2.05, 4.69) is 16.5 Å². The molecule has 8 nitrogen and oxygen atoms in total. The van der Waals surface area contributed by atoms with Crippen LogP contribution in [0.25, 0.3) is 11.1 Å². The molecule has 148 valence electrons. The van der Waals surface area contributed by atoms with Crippen LogP contribution in [-0.4, -0.2) is 60.5 Å². The van der Waals surface area contributed by atoms with Gasteiger partial charge in [0.05, 0.1) is 18.8 Å². The third-order valence-corrected chi connectivity index (χ3v) is 4.46. The third-order valence-electron chi connectivity index (χ3n) is 4.46. The molecule has 0 saturated heterocycles. The number of nitriles is 1. The zero-order chi connectivity index (χ0) is 20.7. The van der Waals surface area contributed by atoms with Gasteiger partial charge in [0.25, 0.3) is 0 Å². The Morgan fingerprint density at radius 3 is 2.68 bits per heavy atom. The quantitative estimate of drug-likeness (QED) is 0.667. The van der Waals surface area contributed by atoms with E-state index in [1.807, 2.05) is 39.2 Å². The molecule has 2 atom stereocenters. The molecule has 0 aliphatic heterocycles. The summed E-state index contributed by atoms with van der Waals surface area (Å²) in [5, 5.41) is 15.8. The van der Waals surface area contributed by atoms with E-state index < -0.39 is 6.04 Å². The molecule has 0 radical (unpaired) electrons. The fourth-order valence-corrected chi connectivity index (χ4v) is 2.99. The Labute approximate surface area is 164 Å². The van der Waals surface area contributed by atoms with Crippen molar-refractivity contribution in [3.8, 4) is 17.2 Å². The first-order valence-corrected chi connectivity index (χ1v) is 8.95. The van der Waals surface area contributed by atoms with Crippen LogP contribution in [0.15, 0.2) is 35.2 Å². The summed E-state index contributed by atoms with van der Waals surface area (Å²) in [6.07, 6.45) is 3.78. The number of rotatable bonds is 9. The van der Waals surface area contributed by atoms with Crippen molar-refractivity contribution in [1.82, 2.24) is 15.0 Å². The molecule has 1 aromatic carbocycles. The largest absolute Gasteiger partial charge is 0.364 e. The second-order valence-corrected chi connectivity index (χ2v) is 6.97. The Hall–Kier alpha value is -3.18. The second-order valence-electron chi connectivity index (χ2n) is 6.97. The van der Waals surface area contributed by atoms with Gasteiger partial charge in [0.2, 0.25) is 12.3 Å². The van der Waals surface area contributed by atoms with Crippen molar-refractivity contribution in [3.05, 3.63) is 36.2 Å². The number of benzene rings is 1. The van der Waals surface area contributed by atoms with Gasteiger partial charge in [-0.25, -0.2) is 0 Å². The highest BCUT2D eigenvalue weighted by atomic mass is 16.5. The molecule has 0 spiro atoms. The lowest BCUT2D eigenvalue weighted by Crippen LogP contribution is -2.44. The van der Waals surface area contributed by atoms with Crippen molar-refractivity contribution in [2.75, 3.05) is 32.5 Å². The number of likely N-dealkylation sites (N-methyl/N-ethyl adjacent to an activating group) is 1. The van der Waals surface area contributed by atoms with Gasteiger partial charge in [-0.2, -0.15) is 5.26 Å². The van der Waals surface area contributed by atoms with Gasteiger partial charge in [-0.3, -0.25) is 9.59 Å². The number of aromatic nitrogens is 1. The van der Waals surface area contributed by atoms with E-state index in [0.29, 0.717) is 18.6 Å². The third kappa shape index (κ3) is 5.18. The van der Waals surface area contributed by atoms with Crippen molar-refractivity contribution in [2.24, 2.45) is 0 Å². The number of hydrogen-bond donors (Lipinski definition) is 1. The Morgan fingerprint density at radius 1 is 1.36 bits per heavy atom. The zero-order valence-electron chi connectivity index (χ0n) is 16.5. The molecule has 8 heteroatoms. The Kier molecular flexibility index (Phi) is 7.29. The zero-order valence-corrected chi connectivity index (χ0v) is 16.5. The van der Waals surface area contributed by atoms with Gasteiger partial charge in [-0.05, 0) is 44.3 Å². The van der Waals surface area contributed by atoms with Crippen molar-refractivity contribution in [1.29, 1.82) is 5.26 Å². The molecule has 2 amide bonds. The highest BCUT2D eigenvalue weighted by Gasteiger charge is 2.24. The maximum Gasteiger partial charge on any atom is 0.237 e. The topological polar surface area (TPSA) is 102 Å². The van der Waals surface area contributed by atoms with Crippen molar-refractivity contribution >= 4 is 18.0 Å². The molecule has 1 N–H and O–H groups in total. The number of amides is 2. The summed E-state index contributed by atoms with van der Waals surface area (Å²) in [6.45, 7) is 4.24. The normalized spacial score (nSPS) is 12.9. The van der Waals surface area contributed by atoms with Crippen LogP contribution in [0.5, 0.6) is 0 Å². The summed E-state index contributed by atoms with van der Waals surface area (Å²) < 4.78 is 4.91. The lowest BCUT2D eigenvalue weighted by Gasteiger charge is -2.30. The van der Waals surface area contributed by atoms with Crippen molar-refractivity contribution in [2.45, 2.75) is 25.8 Å². The van der Waals surface area contributed by atoms with Gasteiger partial charge in [-0.15, -0.1) is 0 Å². The summed E-state index contributed by atoms with van der Waals surface area (Å²) in [7, 11) is 3.62. The molecule has 0 aliphatic rings. The summed E-state index contributed by atoms with van der Waals surface area (Å²) >= 11 is 0. The smallest absolute Gasteiger partial charge is 0.237 e. The standard InChI is InChI=1S/C20H25N5O3/c1-14(10-25(15(2)8-21)20(27)11-24(3)4)18-7-16(17-9-23-28-12-17)5-6-19(18)22-13-26/h5-7,9,12-15H,10-11H2,1-4H3,(H,22,26). The van der Waals surface area contributed by atoms with Crippen LogP contribution in [0, 0.1) is 11.3 Å². The van der Waals surface area contributed by atoms with Crippen LogP contribution >= 0.6 is 0 Å². The minimum atomic E-state index is -0.557. The van der Waals surface area contributed by atoms with E-state index in [4.69, 9.17) is 4.52 Å². The van der Waals surface area contributed by atoms with E-state index in [9.17, 15) is 14.9 Å². The van der Waals surface area contributed by atoms with Crippen LogP contribution < -0.4 is 5.32 Å². The van der Waals surface area contributed by atoms with Crippen LogP contribution in [0.4, 0.5) is 5.69 Å². The molecular weight excluding hydrogens is 358 g/mol. The average Bonchev–Trinajstić information content (AvgIpc) is 3.20. The first kappa shape index (κ1) is 21.1. The maximum absolute atomic E-state index is 12.6. The molecule has 28 heavy (non-hydrogen) atoms. The molecule has 0 saturated carbocycles. The number of nitrogens with one attached hydrogen (secondary N) is 1. The number of hydrogen-bond acceptors (Lipinski definition) is 6. The lowest BCUT2D eigenvalue weighted by atomic mass is 9.94. The number of carbonyl (C=O) groups is 2. The maximum atomic E-state index is 12.6. The van der Waals surface area contributed by atoms with Crippen LogP contribution in [0.1, 0.15) is 25.3 Å². The number of carbonyl (C=O) groups excluding carboxylic acids is 2. The number of anilines is 1. The summed E-state index contributed by atoms with van der Waals surface area (Å²) in [5.74, 6) is -0.241. The molecule has 1 heterocycles. The summed E-state index contributed by atoms with van der Waals surface area (Å²) in [6, 6.07) is 7.20. The van der Waals surface area contributed by atoms with Gasteiger partial charge in [0, 0.05) is 23.7 Å². The van der Waals surface area contributed by atoms with Crippen LogP contribution in [0.3, 0.4) is 0 Å². The molecule has 1 aromatic heterocycles. The average molecular weight is 383 g/mol. The summed E-state index contributed by atoms with van der Waals surface area (Å²) in [5.41, 5.74) is 3.22. The first-order chi connectivity index (χ1) is 13.4. The second kappa shape index (κ2) is 9.67. The van der Waals surface area contributed by atoms with E-state index in [1.54, 1.807) is 29.2 Å². The fraction of sp³-hybridized carbons (Fsp3) is 0.400. The van der Waals surface area contributed by atoms with E-state index in [-0.39, 0.29) is 18.4 Å². The molecular formula is C20H25N5O3. The monoisotopic (exact) mass is 383 g/mol. The van der Waals surface area contributed by atoms with Crippen LogP contribution in [-0.2, 0) is 9.59 Å². The predicted molar refractivity (Wildman–Crippen MR) is 105 cm³/mol. The van der Waals surface area contributed by atoms with Crippen molar-refractivity contribution in [3.63, 3.8) is 0 Å². The molecule has 0 bridgehead atoms. The molecule has 2 rings (SSSR count). The van der Waals surface area contributed by atoms with Crippen molar-refractivity contribution < 1.29 is 14.1 Å². The predicted octanol–water partition coefficient (Wildman–Crippen LogP) is 2.32. The van der Waals surface area contributed by atoms with Gasteiger partial charge < -0.3 is 19.6 Å². The van der Waals surface area contributed by atoms with E-state index in [0.717, 1.165) is 16.7 Å². The van der Waals surface area contributed by atoms with Gasteiger partial charge in [0.15, 0.2) is 0 Å². The van der Waals surface area contributed by atoms with E-state index in [1.165, 1.54) is 0 Å². The van der Waals surface area contributed by atoms with E-state index >= 15 is 0 Å². The van der Waals surface area contributed by atoms with Crippen LogP contribution in [0.2, 0.25) is 0 Å².